The molecular weight excluding hydrogens is 262 g/mol. The molecule has 1 aromatic carbocycles. The van der Waals surface area contributed by atoms with E-state index >= 15 is 0 Å². The lowest BCUT2D eigenvalue weighted by Gasteiger charge is -2.14. The first kappa shape index (κ1) is 13.4. The summed E-state index contributed by atoms with van der Waals surface area (Å²) in [7, 11) is 0. The number of carbonyl (C=O) groups excluding carboxylic acids is 1. The predicted octanol–water partition coefficient (Wildman–Crippen LogP) is 2.81. The smallest absolute Gasteiger partial charge is 0.270 e. The summed E-state index contributed by atoms with van der Waals surface area (Å²) in [6, 6.07) is 10.5. The lowest BCUT2D eigenvalue weighted by Crippen LogP contribution is -2.27. The number of aromatic nitrogens is 1. The molecule has 4 nitrogen and oxygen atoms in total. The maximum Gasteiger partial charge on any atom is 0.270 e. The third-order valence-electron chi connectivity index (χ3n) is 2.74. The first-order chi connectivity index (χ1) is 9.06. The number of pyridine rings is 1. The van der Waals surface area contributed by atoms with E-state index in [1.54, 1.807) is 24.3 Å². The minimum atomic E-state index is -0.234. The number of nitrogens with zero attached hydrogens (tertiary/aromatic N) is 1. The molecule has 0 aliphatic carbocycles. The summed E-state index contributed by atoms with van der Waals surface area (Å²) in [5.74, 6) is -0.234. The summed E-state index contributed by atoms with van der Waals surface area (Å²) in [6.45, 7) is 1.90. The highest BCUT2D eigenvalue weighted by Crippen LogP contribution is 2.16. The molecule has 3 N–H and O–H groups in total. The van der Waals surface area contributed by atoms with Gasteiger partial charge in [-0.05, 0) is 36.8 Å². The topological polar surface area (TPSA) is 68.0 Å². The van der Waals surface area contributed by atoms with Crippen LogP contribution >= 0.6 is 11.6 Å². The number of halogens is 1. The van der Waals surface area contributed by atoms with Gasteiger partial charge in [0.25, 0.3) is 5.91 Å². The standard InChI is InChI=1S/C14H14ClN3O/c1-9(10-2-4-11(15)5-3-10)18-14(19)13-7-6-12(16)8-17-13/h2-9H,16H2,1H3,(H,18,19). The number of carbonyl (C=O) groups is 1. The summed E-state index contributed by atoms with van der Waals surface area (Å²) < 4.78 is 0. The van der Waals surface area contributed by atoms with Gasteiger partial charge in [-0.15, -0.1) is 0 Å². The Kier molecular flexibility index (Phi) is 4.02. The number of anilines is 1. The van der Waals surface area contributed by atoms with Crippen molar-refractivity contribution >= 4 is 23.2 Å². The minimum absolute atomic E-state index is 0.121. The van der Waals surface area contributed by atoms with Gasteiger partial charge < -0.3 is 11.1 Å². The Bertz CT molecular complexity index is 566. The van der Waals surface area contributed by atoms with Gasteiger partial charge in [0.2, 0.25) is 0 Å². The normalized spacial score (nSPS) is 11.9. The molecule has 5 heteroatoms. The van der Waals surface area contributed by atoms with Gasteiger partial charge in [-0.3, -0.25) is 4.79 Å². The Hall–Kier alpha value is -2.07. The van der Waals surface area contributed by atoms with Gasteiger partial charge in [-0.25, -0.2) is 4.98 Å². The number of nitrogen functional groups attached to an aromatic ring is 1. The molecule has 0 aliphatic rings. The Labute approximate surface area is 116 Å². The number of amides is 1. The molecule has 1 aromatic heterocycles. The summed E-state index contributed by atoms with van der Waals surface area (Å²) in [4.78, 5) is 15.9. The fourth-order valence-electron chi connectivity index (χ4n) is 1.64. The molecule has 0 radical (unpaired) electrons. The van der Waals surface area contributed by atoms with Crippen LogP contribution in [-0.4, -0.2) is 10.9 Å². The van der Waals surface area contributed by atoms with E-state index in [4.69, 9.17) is 17.3 Å². The van der Waals surface area contributed by atoms with Gasteiger partial charge in [-0.1, -0.05) is 23.7 Å². The van der Waals surface area contributed by atoms with Crippen molar-refractivity contribution in [2.75, 3.05) is 5.73 Å². The average molecular weight is 276 g/mol. The van der Waals surface area contributed by atoms with Gasteiger partial charge in [0.15, 0.2) is 0 Å². The van der Waals surface area contributed by atoms with Crippen LogP contribution in [0.1, 0.15) is 29.0 Å². The van der Waals surface area contributed by atoms with Crippen molar-refractivity contribution in [3.8, 4) is 0 Å². The SMILES string of the molecule is CC(NC(=O)c1ccc(N)cn1)c1ccc(Cl)cc1. The molecular formula is C14H14ClN3O. The van der Waals surface area contributed by atoms with Gasteiger partial charge >= 0.3 is 0 Å². The number of hydrogen-bond donors (Lipinski definition) is 2. The molecule has 1 amide bonds. The fourth-order valence-corrected chi connectivity index (χ4v) is 1.77. The lowest BCUT2D eigenvalue weighted by atomic mass is 10.1. The second-order valence-corrected chi connectivity index (χ2v) is 4.66. The molecule has 1 unspecified atom stereocenters. The van der Waals surface area contributed by atoms with Crippen LogP contribution < -0.4 is 11.1 Å². The molecule has 1 atom stereocenters. The van der Waals surface area contributed by atoms with Crippen LogP contribution in [0.25, 0.3) is 0 Å². The molecule has 98 valence electrons. The van der Waals surface area contributed by atoms with Crippen LogP contribution in [0, 0.1) is 0 Å². The maximum atomic E-state index is 12.0. The Morgan fingerprint density at radius 2 is 1.95 bits per heavy atom. The second kappa shape index (κ2) is 5.71. The van der Waals surface area contributed by atoms with Crippen LogP contribution in [0.2, 0.25) is 5.02 Å². The number of rotatable bonds is 3. The van der Waals surface area contributed by atoms with Gasteiger partial charge in [0.1, 0.15) is 5.69 Å². The zero-order valence-corrected chi connectivity index (χ0v) is 11.2. The highest BCUT2D eigenvalue weighted by molar-refractivity contribution is 6.30. The molecule has 0 bridgehead atoms. The Balaban J connectivity index is 2.06. The molecule has 0 aliphatic heterocycles. The fraction of sp³-hybridized carbons (Fsp3) is 0.143. The Morgan fingerprint density at radius 3 is 2.53 bits per heavy atom. The number of nitrogens with one attached hydrogen (secondary N) is 1. The maximum absolute atomic E-state index is 12.0. The van der Waals surface area contributed by atoms with E-state index in [0.717, 1.165) is 5.56 Å². The molecule has 0 spiro atoms. The quantitative estimate of drug-likeness (QED) is 0.905. The molecule has 2 rings (SSSR count). The van der Waals surface area contributed by atoms with Crippen molar-refractivity contribution in [2.24, 2.45) is 0 Å². The third-order valence-corrected chi connectivity index (χ3v) is 2.99. The largest absolute Gasteiger partial charge is 0.397 e. The lowest BCUT2D eigenvalue weighted by molar-refractivity contribution is 0.0935. The van der Waals surface area contributed by atoms with Crippen LogP contribution in [-0.2, 0) is 0 Å². The highest BCUT2D eigenvalue weighted by Gasteiger charge is 2.12. The number of benzene rings is 1. The van der Waals surface area contributed by atoms with Gasteiger partial charge in [0, 0.05) is 5.02 Å². The van der Waals surface area contributed by atoms with Crippen LogP contribution in [0.3, 0.4) is 0 Å². The van der Waals surface area contributed by atoms with Crippen molar-refractivity contribution in [1.82, 2.24) is 10.3 Å². The van der Waals surface area contributed by atoms with Crippen LogP contribution in [0.15, 0.2) is 42.6 Å². The third kappa shape index (κ3) is 3.45. The van der Waals surface area contributed by atoms with E-state index in [9.17, 15) is 4.79 Å². The van der Waals surface area contributed by atoms with E-state index in [-0.39, 0.29) is 11.9 Å². The van der Waals surface area contributed by atoms with E-state index < -0.39 is 0 Å². The first-order valence-corrected chi connectivity index (χ1v) is 6.22. The van der Waals surface area contributed by atoms with Crippen molar-refractivity contribution in [3.05, 3.63) is 58.9 Å². The average Bonchev–Trinajstić information content (AvgIpc) is 2.40. The Morgan fingerprint density at radius 1 is 1.26 bits per heavy atom. The van der Waals surface area contributed by atoms with E-state index in [0.29, 0.717) is 16.4 Å². The van der Waals surface area contributed by atoms with E-state index in [1.807, 2.05) is 19.1 Å². The minimum Gasteiger partial charge on any atom is -0.397 e. The molecule has 1 heterocycles. The summed E-state index contributed by atoms with van der Waals surface area (Å²) >= 11 is 5.82. The number of hydrogen-bond acceptors (Lipinski definition) is 3. The predicted molar refractivity (Wildman–Crippen MR) is 76.0 cm³/mol. The molecule has 0 fully saturated rings. The monoisotopic (exact) mass is 275 g/mol. The van der Waals surface area contributed by atoms with E-state index in [2.05, 4.69) is 10.3 Å². The summed E-state index contributed by atoms with van der Waals surface area (Å²) in [5.41, 5.74) is 7.38. The molecule has 0 saturated carbocycles. The second-order valence-electron chi connectivity index (χ2n) is 4.22. The summed E-state index contributed by atoms with van der Waals surface area (Å²) in [6.07, 6.45) is 1.46. The van der Waals surface area contributed by atoms with Crippen molar-refractivity contribution < 1.29 is 4.79 Å². The summed E-state index contributed by atoms with van der Waals surface area (Å²) in [5, 5.41) is 3.54. The van der Waals surface area contributed by atoms with Gasteiger partial charge in [-0.2, -0.15) is 0 Å². The van der Waals surface area contributed by atoms with Crippen molar-refractivity contribution in [3.63, 3.8) is 0 Å². The van der Waals surface area contributed by atoms with Crippen LogP contribution in [0.4, 0.5) is 5.69 Å². The number of nitrogens with two attached hydrogens (primary N) is 1. The highest BCUT2D eigenvalue weighted by atomic mass is 35.5. The van der Waals surface area contributed by atoms with Gasteiger partial charge in [0.05, 0.1) is 17.9 Å². The zero-order chi connectivity index (χ0) is 13.8. The first-order valence-electron chi connectivity index (χ1n) is 5.84. The molecule has 0 saturated heterocycles. The molecule has 19 heavy (non-hydrogen) atoms. The van der Waals surface area contributed by atoms with Crippen LogP contribution in [0.5, 0.6) is 0 Å². The van der Waals surface area contributed by atoms with E-state index in [1.165, 1.54) is 6.20 Å². The zero-order valence-electron chi connectivity index (χ0n) is 10.4. The van der Waals surface area contributed by atoms with Crippen molar-refractivity contribution in [1.29, 1.82) is 0 Å². The molecule has 2 aromatic rings. The van der Waals surface area contributed by atoms with Crippen molar-refractivity contribution in [2.45, 2.75) is 13.0 Å².